The average Bonchev–Trinajstić information content (AvgIpc) is 2.72. The predicted octanol–water partition coefficient (Wildman–Crippen LogP) is 2.51. The molecule has 1 aromatic heterocycles. The highest BCUT2D eigenvalue weighted by Gasteiger charge is 2.32. The second-order valence-electron chi connectivity index (χ2n) is 6.76. The molecule has 1 atom stereocenters. The number of carbonyl (C=O) groups is 1. The lowest BCUT2D eigenvalue weighted by molar-refractivity contribution is -0.137. The van der Waals surface area contributed by atoms with E-state index in [9.17, 15) is 10.1 Å². The Balaban J connectivity index is 1.40. The van der Waals surface area contributed by atoms with Crippen LogP contribution in [0.3, 0.4) is 0 Å². The lowest BCUT2D eigenvalue weighted by Gasteiger charge is -2.38. The Morgan fingerprint density at radius 2 is 2.07 bits per heavy atom. The summed E-state index contributed by atoms with van der Waals surface area (Å²) in [6.45, 7) is 2.94. The van der Waals surface area contributed by atoms with Crippen LogP contribution in [0.1, 0.15) is 11.1 Å². The first-order valence-corrected chi connectivity index (χ1v) is 9.33. The zero-order valence-corrected chi connectivity index (χ0v) is 15.5. The highest BCUT2D eigenvalue weighted by molar-refractivity contribution is 6.30. The molecule has 1 saturated heterocycles. The van der Waals surface area contributed by atoms with Crippen LogP contribution in [0.4, 0.5) is 5.82 Å². The molecule has 6 nitrogen and oxygen atoms in total. The number of nitrogens with zero attached hydrogens (tertiary/aromatic N) is 4. The second-order valence-corrected chi connectivity index (χ2v) is 7.20. The molecule has 27 heavy (non-hydrogen) atoms. The van der Waals surface area contributed by atoms with E-state index in [1.54, 1.807) is 24.4 Å². The molecular weight excluding hydrogens is 364 g/mol. The summed E-state index contributed by atoms with van der Waals surface area (Å²) in [6.07, 6.45) is 2.34. The number of piperazine rings is 1. The summed E-state index contributed by atoms with van der Waals surface area (Å²) in [4.78, 5) is 21.2. The van der Waals surface area contributed by atoms with E-state index in [1.807, 2.05) is 17.0 Å². The van der Waals surface area contributed by atoms with Crippen molar-refractivity contribution in [3.8, 4) is 11.8 Å². The summed E-state index contributed by atoms with van der Waals surface area (Å²) in [5.74, 6) is 1.43. The number of amides is 1. The van der Waals surface area contributed by atoms with Crippen LogP contribution in [0.25, 0.3) is 0 Å². The maximum absolute atomic E-state index is 12.9. The van der Waals surface area contributed by atoms with Gasteiger partial charge in [-0.25, -0.2) is 4.98 Å². The zero-order chi connectivity index (χ0) is 18.8. The Bertz CT molecular complexity index is 903. The lowest BCUT2D eigenvalue weighted by atomic mass is 9.95. The third-order valence-electron chi connectivity index (χ3n) is 5.08. The molecule has 2 aromatic rings. The highest BCUT2D eigenvalue weighted by atomic mass is 35.5. The molecule has 0 radical (unpaired) electrons. The van der Waals surface area contributed by atoms with Crippen LogP contribution in [0, 0.1) is 17.2 Å². The number of hydrogen-bond donors (Lipinski definition) is 0. The van der Waals surface area contributed by atoms with E-state index in [1.165, 1.54) is 0 Å². The molecule has 0 aliphatic carbocycles. The average molecular weight is 383 g/mol. The first-order valence-electron chi connectivity index (χ1n) is 8.96. The van der Waals surface area contributed by atoms with E-state index in [4.69, 9.17) is 16.3 Å². The summed E-state index contributed by atoms with van der Waals surface area (Å²) in [7, 11) is 0. The fourth-order valence-electron chi connectivity index (χ4n) is 3.65. The SMILES string of the molecule is N#Cc1cccnc1N1CCN(C(=O)C2COc3ccc(Cl)cc3C2)CC1. The molecule has 2 aliphatic rings. The van der Waals surface area contributed by atoms with Gasteiger partial charge in [-0.05, 0) is 42.3 Å². The van der Waals surface area contributed by atoms with Crippen molar-refractivity contribution in [1.82, 2.24) is 9.88 Å². The molecule has 0 spiro atoms. The van der Waals surface area contributed by atoms with Crippen molar-refractivity contribution in [2.75, 3.05) is 37.7 Å². The molecule has 1 fully saturated rings. The van der Waals surface area contributed by atoms with Crippen molar-refractivity contribution in [1.29, 1.82) is 5.26 Å². The first kappa shape index (κ1) is 17.6. The summed E-state index contributed by atoms with van der Waals surface area (Å²) >= 11 is 6.07. The van der Waals surface area contributed by atoms with E-state index in [0.717, 1.165) is 11.3 Å². The van der Waals surface area contributed by atoms with Gasteiger partial charge in [0.2, 0.25) is 5.91 Å². The Morgan fingerprint density at radius 1 is 1.26 bits per heavy atom. The van der Waals surface area contributed by atoms with E-state index in [2.05, 4.69) is 16.0 Å². The topological polar surface area (TPSA) is 69.5 Å². The number of ether oxygens (including phenoxy) is 1. The van der Waals surface area contributed by atoms with Crippen LogP contribution >= 0.6 is 11.6 Å². The monoisotopic (exact) mass is 382 g/mol. The number of fused-ring (bicyclic) bond motifs is 1. The van der Waals surface area contributed by atoms with E-state index >= 15 is 0 Å². The highest BCUT2D eigenvalue weighted by Crippen LogP contribution is 2.30. The molecular formula is C20H19ClN4O2. The zero-order valence-electron chi connectivity index (χ0n) is 14.8. The van der Waals surface area contributed by atoms with Crippen LogP contribution in [-0.2, 0) is 11.2 Å². The van der Waals surface area contributed by atoms with Crippen molar-refractivity contribution in [3.63, 3.8) is 0 Å². The standard InChI is InChI=1S/C20H19ClN4O2/c21-17-3-4-18-15(11-17)10-16(13-27-18)20(26)25-8-6-24(7-9-25)19-14(12-22)2-1-5-23-19/h1-5,11,16H,6-10,13H2. The second kappa shape index (κ2) is 7.45. The first-order chi connectivity index (χ1) is 13.2. The molecule has 138 valence electrons. The van der Waals surface area contributed by atoms with Gasteiger partial charge in [0.15, 0.2) is 0 Å². The Labute approximate surface area is 162 Å². The largest absolute Gasteiger partial charge is 0.492 e. The Hall–Kier alpha value is -2.78. The summed E-state index contributed by atoms with van der Waals surface area (Å²) in [5.41, 5.74) is 1.55. The van der Waals surface area contributed by atoms with Crippen LogP contribution in [0.5, 0.6) is 5.75 Å². The van der Waals surface area contributed by atoms with Crippen molar-refractivity contribution in [2.24, 2.45) is 5.92 Å². The van der Waals surface area contributed by atoms with Gasteiger partial charge in [0.05, 0.1) is 11.5 Å². The molecule has 4 rings (SSSR count). The molecule has 2 aliphatic heterocycles. The van der Waals surface area contributed by atoms with Crippen LogP contribution < -0.4 is 9.64 Å². The van der Waals surface area contributed by atoms with Crippen LogP contribution in [0.15, 0.2) is 36.5 Å². The van der Waals surface area contributed by atoms with Crippen molar-refractivity contribution < 1.29 is 9.53 Å². The van der Waals surface area contributed by atoms with E-state index < -0.39 is 0 Å². The normalized spacial score (nSPS) is 19.0. The van der Waals surface area contributed by atoms with Crippen molar-refractivity contribution in [3.05, 3.63) is 52.7 Å². The minimum atomic E-state index is -0.188. The van der Waals surface area contributed by atoms with Crippen molar-refractivity contribution in [2.45, 2.75) is 6.42 Å². The fourth-order valence-corrected chi connectivity index (χ4v) is 3.85. The van der Waals surface area contributed by atoms with Gasteiger partial charge < -0.3 is 14.5 Å². The maximum Gasteiger partial charge on any atom is 0.229 e. The van der Waals surface area contributed by atoms with Crippen LogP contribution in [-0.4, -0.2) is 48.6 Å². The fraction of sp³-hybridized carbons (Fsp3) is 0.350. The molecule has 0 N–H and O–H groups in total. The Morgan fingerprint density at radius 3 is 2.85 bits per heavy atom. The molecule has 3 heterocycles. The summed E-state index contributed by atoms with van der Waals surface area (Å²) in [6, 6.07) is 11.2. The summed E-state index contributed by atoms with van der Waals surface area (Å²) in [5, 5.41) is 9.91. The number of aromatic nitrogens is 1. The minimum Gasteiger partial charge on any atom is -0.492 e. The summed E-state index contributed by atoms with van der Waals surface area (Å²) < 4.78 is 5.76. The quantitative estimate of drug-likeness (QED) is 0.798. The van der Waals surface area contributed by atoms with Crippen LogP contribution in [0.2, 0.25) is 5.02 Å². The van der Waals surface area contributed by atoms with Gasteiger partial charge in [0.25, 0.3) is 0 Å². The van der Waals surface area contributed by atoms with Gasteiger partial charge in [0.1, 0.15) is 24.2 Å². The minimum absolute atomic E-state index is 0.113. The molecule has 7 heteroatoms. The number of hydrogen-bond acceptors (Lipinski definition) is 5. The number of anilines is 1. The lowest BCUT2D eigenvalue weighted by Crippen LogP contribution is -2.52. The van der Waals surface area contributed by atoms with Gasteiger partial charge >= 0.3 is 0 Å². The third-order valence-corrected chi connectivity index (χ3v) is 5.31. The number of benzene rings is 1. The number of nitriles is 1. The van der Waals surface area contributed by atoms with Gasteiger partial charge in [-0.3, -0.25) is 4.79 Å². The van der Waals surface area contributed by atoms with Crippen molar-refractivity contribution >= 4 is 23.3 Å². The molecule has 1 amide bonds. The number of pyridine rings is 1. The molecule has 0 bridgehead atoms. The molecule has 0 saturated carbocycles. The van der Waals surface area contributed by atoms with Gasteiger partial charge in [-0.15, -0.1) is 0 Å². The van der Waals surface area contributed by atoms with E-state index in [-0.39, 0.29) is 11.8 Å². The van der Waals surface area contributed by atoms with Gasteiger partial charge in [0, 0.05) is 37.4 Å². The predicted molar refractivity (Wildman–Crippen MR) is 102 cm³/mol. The smallest absolute Gasteiger partial charge is 0.229 e. The maximum atomic E-state index is 12.9. The van der Waals surface area contributed by atoms with E-state index in [0.29, 0.717) is 55.6 Å². The van der Waals surface area contributed by atoms with Gasteiger partial charge in [-0.1, -0.05) is 11.6 Å². The third kappa shape index (κ3) is 3.56. The number of carbonyl (C=O) groups excluding carboxylic acids is 1. The van der Waals surface area contributed by atoms with Gasteiger partial charge in [-0.2, -0.15) is 5.26 Å². The number of rotatable bonds is 2. The number of halogens is 1. The molecule has 1 unspecified atom stereocenters. The Kier molecular flexibility index (Phi) is 4.87. The molecule has 1 aromatic carbocycles.